The second kappa shape index (κ2) is 8.83. The first-order valence-electron chi connectivity index (χ1n) is 9.65. The van der Waals surface area contributed by atoms with Crippen molar-refractivity contribution in [3.63, 3.8) is 0 Å². The molecule has 4 rings (SSSR count). The van der Waals surface area contributed by atoms with Gasteiger partial charge < -0.3 is 25.2 Å². The Morgan fingerprint density at radius 3 is 2.46 bits per heavy atom. The lowest BCUT2D eigenvalue weighted by Crippen LogP contribution is -2.51. The Hall–Kier alpha value is -2.94. The Balaban J connectivity index is 1.32. The van der Waals surface area contributed by atoms with E-state index in [4.69, 9.17) is 15.5 Å². The first kappa shape index (κ1) is 18.4. The van der Waals surface area contributed by atoms with Gasteiger partial charge in [0.2, 0.25) is 5.95 Å². The van der Waals surface area contributed by atoms with Crippen LogP contribution in [-0.4, -0.2) is 78.3 Å². The van der Waals surface area contributed by atoms with Gasteiger partial charge >= 0.3 is 0 Å². The van der Waals surface area contributed by atoms with Gasteiger partial charge in [0.1, 0.15) is 5.82 Å². The molecular formula is C19H26N8O. The van der Waals surface area contributed by atoms with Crippen molar-refractivity contribution in [2.45, 2.75) is 6.54 Å². The number of piperazine rings is 1. The van der Waals surface area contributed by atoms with Crippen molar-refractivity contribution in [3.05, 3.63) is 42.4 Å². The summed E-state index contributed by atoms with van der Waals surface area (Å²) < 4.78 is 5.41. The van der Waals surface area contributed by atoms with Gasteiger partial charge in [0.25, 0.3) is 0 Å². The molecule has 0 aromatic carbocycles. The predicted molar refractivity (Wildman–Crippen MR) is 108 cm³/mol. The smallest absolute Gasteiger partial charge is 0.225 e. The molecule has 2 saturated heterocycles. The number of guanidine groups is 1. The van der Waals surface area contributed by atoms with E-state index in [1.165, 1.54) is 0 Å². The van der Waals surface area contributed by atoms with Gasteiger partial charge in [-0.2, -0.15) is 0 Å². The van der Waals surface area contributed by atoms with Crippen molar-refractivity contribution >= 4 is 17.7 Å². The summed E-state index contributed by atoms with van der Waals surface area (Å²) in [5.74, 6) is 2.31. The fraction of sp³-hybridized carbons (Fsp3) is 0.474. The fourth-order valence-corrected chi connectivity index (χ4v) is 3.38. The zero-order valence-electron chi connectivity index (χ0n) is 15.9. The first-order chi connectivity index (χ1) is 13.8. The maximum absolute atomic E-state index is 6.23. The topological polar surface area (TPSA) is 96.0 Å². The van der Waals surface area contributed by atoms with Crippen LogP contribution in [0, 0.1) is 0 Å². The maximum atomic E-state index is 6.23. The summed E-state index contributed by atoms with van der Waals surface area (Å²) >= 11 is 0. The van der Waals surface area contributed by atoms with Gasteiger partial charge in [0.15, 0.2) is 5.96 Å². The first-order valence-corrected chi connectivity index (χ1v) is 9.65. The van der Waals surface area contributed by atoms with Crippen LogP contribution in [0.3, 0.4) is 0 Å². The Morgan fingerprint density at radius 1 is 0.964 bits per heavy atom. The van der Waals surface area contributed by atoms with E-state index in [1.807, 2.05) is 24.3 Å². The molecule has 2 aromatic rings. The average molecular weight is 382 g/mol. The van der Waals surface area contributed by atoms with Gasteiger partial charge in [0.05, 0.1) is 25.5 Å². The van der Waals surface area contributed by atoms with Crippen LogP contribution < -0.4 is 15.5 Å². The van der Waals surface area contributed by atoms with Crippen molar-refractivity contribution in [2.24, 2.45) is 10.7 Å². The van der Waals surface area contributed by atoms with Gasteiger partial charge in [-0.3, -0.25) is 0 Å². The number of nitrogens with zero attached hydrogens (tertiary/aromatic N) is 7. The lowest BCUT2D eigenvalue weighted by atomic mass is 10.3. The molecule has 0 radical (unpaired) electrons. The molecule has 0 bridgehead atoms. The third kappa shape index (κ3) is 4.48. The monoisotopic (exact) mass is 382 g/mol. The van der Waals surface area contributed by atoms with Crippen molar-refractivity contribution in [1.82, 2.24) is 19.9 Å². The predicted octanol–water partition coefficient (Wildman–Crippen LogP) is 0.345. The van der Waals surface area contributed by atoms with Crippen LogP contribution in [0.5, 0.6) is 0 Å². The Labute approximate surface area is 164 Å². The van der Waals surface area contributed by atoms with E-state index in [0.717, 1.165) is 69.9 Å². The zero-order valence-corrected chi connectivity index (χ0v) is 15.9. The molecule has 0 aliphatic carbocycles. The molecule has 2 aliphatic heterocycles. The van der Waals surface area contributed by atoms with Crippen LogP contribution in [0.15, 0.2) is 41.7 Å². The molecule has 0 saturated carbocycles. The van der Waals surface area contributed by atoms with Crippen LogP contribution in [0.25, 0.3) is 0 Å². The van der Waals surface area contributed by atoms with Gasteiger partial charge in [-0.1, -0.05) is 6.07 Å². The molecule has 0 amide bonds. The molecule has 0 atom stereocenters. The lowest BCUT2D eigenvalue weighted by Gasteiger charge is -2.35. The zero-order chi connectivity index (χ0) is 19.2. The van der Waals surface area contributed by atoms with Crippen LogP contribution in [0.1, 0.15) is 5.69 Å². The number of hydrogen-bond acceptors (Lipinski definition) is 7. The fourth-order valence-electron chi connectivity index (χ4n) is 3.38. The van der Waals surface area contributed by atoms with Crippen LogP contribution >= 0.6 is 0 Å². The van der Waals surface area contributed by atoms with E-state index < -0.39 is 0 Å². The number of anilines is 2. The molecule has 9 heteroatoms. The van der Waals surface area contributed by atoms with Crippen molar-refractivity contribution in [1.29, 1.82) is 0 Å². The number of rotatable bonds is 4. The Kier molecular flexibility index (Phi) is 5.81. The second-order valence-corrected chi connectivity index (χ2v) is 6.78. The number of nitrogens with two attached hydrogens (primary N) is 1. The number of hydrogen-bond donors (Lipinski definition) is 1. The third-order valence-corrected chi connectivity index (χ3v) is 4.97. The highest BCUT2D eigenvalue weighted by molar-refractivity contribution is 5.78. The van der Waals surface area contributed by atoms with Gasteiger partial charge in [-0.25, -0.2) is 19.9 Å². The van der Waals surface area contributed by atoms with Gasteiger partial charge in [-0.05, 0) is 18.2 Å². The molecule has 2 aliphatic rings. The number of pyridine rings is 1. The van der Waals surface area contributed by atoms with Crippen molar-refractivity contribution < 1.29 is 4.74 Å². The molecule has 28 heavy (non-hydrogen) atoms. The van der Waals surface area contributed by atoms with Crippen LogP contribution in [0.2, 0.25) is 0 Å². The summed E-state index contributed by atoms with van der Waals surface area (Å²) in [6.45, 7) is 6.97. The van der Waals surface area contributed by atoms with Crippen LogP contribution in [-0.2, 0) is 11.3 Å². The minimum absolute atomic E-state index is 0.478. The van der Waals surface area contributed by atoms with Gasteiger partial charge in [0, 0.05) is 51.7 Å². The molecule has 2 fully saturated rings. The van der Waals surface area contributed by atoms with E-state index in [9.17, 15) is 0 Å². The summed E-state index contributed by atoms with van der Waals surface area (Å²) in [5, 5.41) is 0. The maximum Gasteiger partial charge on any atom is 0.225 e. The quantitative estimate of drug-likeness (QED) is 0.598. The number of morpholine rings is 1. The largest absolute Gasteiger partial charge is 0.378 e. The third-order valence-electron chi connectivity index (χ3n) is 4.97. The van der Waals surface area contributed by atoms with E-state index in [-0.39, 0.29) is 0 Å². The normalized spacial score (nSPS) is 18.4. The molecule has 2 aromatic heterocycles. The Bertz CT molecular complexity index is 786. The summed E-state index contributed by atoms with van der Waals surface area (Å²) in [6, 6.07) is 7.88. The summed E-state index contributed by atoms with van der Waals surface area (Å²) in [4.78, 5) is 24.4. The van der Waals surface area contributed by atoms with E-state index in [2.05, 4.69) is 29.7 Å². The SMILES string of the molecule is NC(=NCc1cccc(N2CCOCC2)n1)N1CCN(c2ncccn2)CC1. The number of ether oxygens (including phenoxy) is 1. The number of aromatic nitrogens is 3. The number of aliphatic imine (C=N–C) groups is 1. The Morgan fingerprint density at radius 2 is 1.71 bits per heavy atom. The molecule has 2 N–H and O–H groups in total. The molecule has 4 heterocycles. The second-order valence-electron chi connectivity index (χ2n) is 6.78. The lowest BCUT2D eigenvalue weighted by molar-refractivity contribution is 0.122. The highest BCUT2D eigenvalue weighted by atomic mass is 16.5. The van der Waals surface area contributed by atoms with Crippen molar-refractivity contribution in [3.8, 4) is 0 Å². The standard InChI is InChI=1S/C19H26N8O/c20-18(26-7-9-27(10-8-26)19-21-5-2-6-22-19)23-15-16-3-1-4-17(24-16)25-11-13-28-14-12-25/h1-6H,7-15H2,(H2,20,23). The molecule has 0 spiro atoms. The minimum atomic E-state index is 0.478. The summed E-state index contributed by atoms with van der Waals surface area (Å²) in [6.07, 6.45) is 3.53. The van der Waals surface area contributed by atoms with Crippen LogP contribution in [0.4, 0.5) is 11.8 Å². The van der Waals surface area contributed by atoms with E-state index >= 15 is 0 Å². The minimum Gasteiger partial charge on any atom is -0.378 e. The average Bonchev–Trinajstić information content (AvgIpc) is 2.79. The highest BCUT2D eigenvalue weighted by Gasteiger charge is 2.20. The van der Waals surface area contributed by atoms with Gasteiger partial charge in [-0.15, -0.1) is 0 Å². The van der Waals surface area contributed by atoms with Crippen molar-refractivity contribution in [2.75, 3.05) is 62.3 Å². The molecular weight excluding hydrogens is 356 g/mol. The molecule has 0 unspecified atom stereocenters. The molecule has 9 nitrogen and oxygen atoms in total. The highest BCUT2D eigenvalue weighted by Crippen LogP contribution is 2.14. The van der Waals surface area contributed by atoms with E-state index in [1.54, 1.807) is 12.4 Å². The summed E-state index contributed by atoms with van der Waals surface area (Å²) in [5.41, 5.74) is 7.15. The van der Waals surface area contributed by atoms with E-state index in [0.29, 0.717) is 12.5 Å². The molecule has 148 valence electrons. The summed E-state index contributed by atoms with van der Waals surface area (Å²) in [7, 11) is 0.